The van der Waals surface area contributed by atoms with E-state index in [2.05, 4.69) is 12.6 Å². The number of phenolic OH excluding ortho intramolecular Hbond substituents is 1. The second-order valence-electron chi connectivity index (χ2n) is 3.32. The molecular formula is C13H12O. The van der Waals surface area contributed by atoms with Crippen LogP contribution in [0, 0.1) is 0 Å². The van der Waals surface area contributed by atoms with Crippen molar-refractivity contribution < 1.29 is 5.11 Å². The molecule has 0 bridgehead atoms. The molecule has 1 nitrogen and oxygen atoms in total. The number of benzene rings is 2. The fourth-order valence-electron chi connectivity index (χ4n) is 1.67. The second-order valence-corrected chi connectivity index (χ2v) is 3.32. The maximum atomic E-state index is 9.33. The Labute approximate surface area is 83.3 Å². The van der Waals surface area contributed by atoms with Gasteiger partial charge in [0.05, 0.1) is 0 Å². The summed E-state index contributed by atoms with van der Waals surface area (Å²) in [7, 11) is 0. The van der Waals surface area contributed by atoms with E-state index in [1.165, 1.54) is 10.9 Å². The first-order valence-electron chi connectivity index (χ1n) is 4.63. The highest BCUT2D eigenvalue weighted by atomic mass is 16.3. The van der Waals surface area contributed by atoms with Gasteiger partial charge in [-0.15, -0.1) is 6.58 Å². The van der Waals surface area contributed by atoms with E-state index in [1.54, 1.807) is 12.1 Å². The van der Waals surface area contributed by atoms with E-state index >= 15 is 0 Å². The first-order chi connectivity index (χ1) is 6.81. The summed E-state index contributed by atoms with van der Waals surface area (Å²) in [6.07, 6.45) is 2.75. The summed E-state index contributed by atoms with van der Waals surface area (Å²) in [4.78, 5) is 0. The lowest BCUT2D eigenvalue weighted by Gasteiger charge is -2.04. The minimum absolute atomic E-state index is 0.313. The van der Waals surface area contributed by atoms with E-state index in [4.69, 9.17) is 0 Å². The topological polar surface area (TPSA) is 20.2 Å². The summed E-state index contributed by atoms with van der Waals surface area (Å²) in [6.45, 7) is 3.73. The van der Waals surface area contributed by atoms with Crippen LogP contribution < -0.4 is 0 Å². The van der Waals surface area contributed by atoms with Crippen LogP contribution in [-0.2, 0) is 6.42 Å². The Morgan fingerprint density at radius 2 is 2.07 bits per heavy atom. The lowest BCUT2D eigenvalue weighted by atomic mass is 10.0. The molecule has 0 fully saturated rings. The van der Waals surface area contributed by atoms with Crippen molar-refractivity contribution in [3.05, 3.63) is 54.6 Å². The SMILES string of the molecule is C=CCc1cccc2cc(O)ccc12. The average molecular weight is 184 g/mol. The number of aromatic hydroxyl groups is 1. The Morgan fingerprint density at radius 1 is 1.21 bits per heavy atom. The van der Waals surface area contributed by atoms with E-state index in [1.807, 2.05) is 24.3 Å². The van der Waals surface area contributed by atoms with Crippen LogP contribution in [-0.4, -0.2) is 5.11 Å². The van der Waals surface area contributed by atoms with Crippen LogP contribution >= 0.6 is 0 Å². The van der Waals surface area contributed by atoms with Gasteiger partial charge in [-0.1, -0.05) is 30.3 Å². The number of fused-ring (bicyclic) bond motifs is 1. The van der Waals surface area contributed by atoms with Crippen molar-refractivity contribution in [3.8, 4) is 5.75 Å². The van der Waals surface area contributed by atoms with Crippen molar-refractivity contribution in [2.45, 2.75) is 6.42 Å². The lowest BCUT2D eigenvalue weighted by molar-refractivity contribution is 0.476. The maximum Gasteiger partial charge on any atom is 0.116 e. The number of rotatable bonds is 2. The van der Waals surface area contributed by atoms with Gasteiger partial charge in [0.25, 0.3) is 0 Å². The highest BCUT2D eigenvalue weighted by Gasteiger charge is 1.99. The van der Waals surface area contributed by atoms with Crippen molar-refractivity contribution in [2.75, 3.05) is 0 Å². The molecule has 0 unspecified atom stereocenters. The van der Waals surface area contributed by atoms with Crippen LogP contribution in [0.4, 0.5) is 0 Å². The zero-order chi connectivity index (χ0) is 9.97. The molecule has 2 rings (SSSR count). The molecule has 0 aromatic heterocycles. The van der Waals surface area contributed by atoms with Crippen LogP contribution in [0.5, 0.6) is 5.75 Å². The zero-order valence-corrected chi connectivity index (χ0v) is 7.90. The van der Waals surface area contributed by atoms with Gasteiger partial charge in [-0.25, -0.2) is 0 Å². The molecule has 0 atom stereocenters. The third kappa shape index (κ3) is 1.49. The Kier molecular flexibility index (Phi) is 2.23. The van der Waals surface area contributed by atoms with Gasteiger partial charge in [-0.3, -0.25) is 0 Å². The number of allylic oxidation sites excluding steroid dienone is 1. The van der Waals surface area contributed by atoms with Gasteiger partial charge in [0.15, 0.2) is 0 Å². The van der Waals surface area contributed by atoms with Gasteiger partial charge in [0.2, 0.25) is 0 Å². The molecule has 2 aromatic carbocycles. The van der Waals surface area contributed by atoms with Crippen LogP contribution in [0.2, 0.25) is 0 Å². The monoisotopic (exact) mass is 184 g/mol. The predicted octanol–water partition coefficient (Wildman–Crippen LogP) is 3.27. The van der Waals surface area contributed by atoms with Crippen LogP contribution in [0.3, 0.4) is 0 Å². The van der Waals surface area contributed by atoms with Gasteiger partial charge in [-0.05, 0) is 34.9 Å². The Hall–Kier alpha value is -1.76. The van der Waals surface area contributed by atoms with E-state index in [-0.39, 0.29) is 0 Å². The van der Waals surface area contributed by atoms with E-state index in [9.17, 15) is 5.11 Å². The summed E-state index contributed by atoms with van der Waals surface area (Å²) >= 11 is 0. The average Bonchev–Trinajstić information content (AvgIpc) is 2.18. The molecule has 1 N–H and O–H groups in total. The summed E-state index contributed by atoms with van der Waals surface area (Å²) < 4.78 is 0. The molecule has 0 heterocycles. The van der Waals surface area contributed by atoms with Gasteiger partial charge in [0.1, 0.15) is 5.75 Å². The Balaban J connectivity index is 2.68. The third-order valence-electron chi connectivity index (χ3n) is 2.32. The standard InChI is InChI=1S/C13H12O/c1-2-4-10-5-3-6-11-9-12(14)7-8-13(10)11/h2-3,5-9,14H,1,4H2. The first kappa shape index (κ1) is 8.82. The first-order valence-corrected chi connectivity index (χ1v) is 4.63. The van der Waals surface area contributed by atoms with Crippen molar-refractivity contribution in [1.29, 1.82) is 0 Å². The van der Waals surface area contributed by atoms with Crippen molar-refractivity contribution in [2.24, 2.45) is 0 Å². The van der Waals surface area contributed by atoms with Crippen molar-refractivity contribution in [3.63, 3.8) is 0 Å². The van der Waals surface area contributed by atoms with Crippen molar-refractivity contribution in [1.82, 2.24) is 0 Å². The fourth-order valence-corrected chi connectivity index (χ4v) is 1.67. The fraction of sp³-hybridized carbons (Fsp3) is 0.0769. The normalized spacial score (nSPS) is 10.3. The minimum atomic E-state index is 0.313. The zero-order valence-electron chi connectivity index (χ0n) is 7.90. The Morgan fingerprint density at radius 3 is 2.86 bits per heavy atom. The third-order valence-corrected chi connectivity index (χ3v) is 2.32. The molecule has 70 valence electrons. The summed E-state index contributed by atoms with van der Waals surface area (Å²) in [5.41, 5.74) is 1.25. The number of hydrogen-bond donors (Lipinski definition) is 1. The summed E-state index contributed by atoms with van der Waals surface area (Å²) in [6, 6.07) is 11.5. The molecular weight excluding hydrogens is 172 g/mol. The predicted molar refractivity (Wildman–Crippen MR) is 59.5 cm³/mol. The molecule has 0 saturated heterocycles. The summed E-state index contributed by atoms with van der Waals surface area (Å²) in [5.74, 6) is 0.313. The molecule has 0 radical (unpaired) electrons. The van der Waals surface area contributed by atoms with Gasteiger partial charge in [0, 0.05) is 0 Å². The van der Waals surface area contributed by atoms with Crippen LogP contribution in [0.25, 0.3) is 10.8 Å². The minimum Gasteiger partial charge on any atom is -0.508 e. The summed E-state index contributed by atoms with van der Waals surface area (Å²) in [5, 5.41) is 11.6. The smallest absolute Gasteiger partial charge is 0.116 e. The van der Waals surface area contributed by atoms with Gasteiger partial charge >= 0.3 is 0 Å². The lowest BCUT2D eigenvalue weighted by Crippen LogP contribution is -1.83. The number of hydrogen-bond acceptors (Lipinski definition) is 1. The maximum absolute atomic E-state index is 9.33. The highest BCUT2D eigenvalue weighted by Crippen LogP contribution is 2.23. The molecule has 14 heavy (non-hydrogen) atoms. The molecule has 2 aromatic rings. The molecule has 0 saturated carbocycles. The molecule has 0 aliphatic carbocycles. The van der Waals surface area contributed by atoms with Gasteiger partial charge < -0.3 is 5.11 Å². The highest BCUT2D eigenvalue weighted by molar-refractivity contribution is 5.87. The van der Waals surface area contributed by atoms with Crippen LogP contribution in [0.15, 0.2) is 49.1 Å². The second kappa shape index (κ2) is 3.54. The largest absolute Gasteiger partial charge is 0.508 e. The molecule has 0 amide bonds. The molecule has 0 aliphatic rings. The van der Waals surface area contributed by atoms with Gasteiger partial charge in [-0.2, -0.15) is 0 Å². The van der Waals surface area contributed by atoms with E-state index in [0.29, 0.717) is 5.75 Å². The molecule has 0 spiro atoms. The van der Waals surface area contributed by atoms with E-state index < -0.39 is 0 Å². The van der Waals surface area contributed by atoms with E-state index in [0.717, 1.165) is 11.8 Å². The quantitative estimate of drug-likeness (QED) is 0.710. The van der Waals surface area contributed by atoms with Crippen molar-refractivity contribution >= 4 is 10.8 Å². The Bertz CT molecular complexity index is 472. The van der Waals surface area contributed by atoms with Crippen LogP contribution in [0.1, 0.15) is 5.56 Å². The molecule has 1 heteroatoms. The molecule has 0 aliphatic heterocycles. The number of phenols is 1.